The molecule has 0 saturated carbocycles. The molecule has 0 aliphatic carbocycles. The van der Waals surface area contributed by atoms with Gasteiger partial charge in [0, 0.05) is 19.5 Å². The largest absolute Gasteiger partial charge is 0.343 e. The van der Waals surface area contributed by atoms with Crippen molar-refractivity contribution in [2.75, 3.05) is 19.6 Å². The second-order valence-electron chi connectivity index (χ2n) is 4.90. The highest BCUT2D eigenvalue weighted by molar-refractivity contribution is 5.85. The molecule has 3 nitrogen and oxygen atoms in total. The van der Waals surface area contributed by atoms with Crippen molar-refractivity contribution in [3.05, 3.63) is 0 Å². The quantitative estimate of drug-likeness (QED) is 0.624. The number of carbonyl (C=O) groups excluding carboxylic acids is 1. The molecule has 18 heavy (non-hydrogen) atoms. The molecule has 0 aromatic rings. The van der Waals surface area contributed by atoms with Crippen molar-refractivity contribution >= 4 is 18.3 Å². The molecular formula is C14H31ClN2O. The molecule has 0 radical (unpaired) electrons. The first-order valence-corrected chi connectivity index (χ1v) is 7.13. The molecule has 110 valence electrons. The normalized spacial score (nSPS) is 11.8. The summed E-state index contributed by atoms with van der Waals surface area (Å²) in [6.07, 6.45) is 6.22. The molecule has 0 aliphatic rings. The monoisotopic (exact) mass is 278 g/mol. The Balaban J connectivity index is 0. The summed E-state index contributed by atoms with van der Waals surface area (Å²) in [6.45, 7) is 8.96. The Kier molecular flexibility index (Phi) is 14.7. The topological polar surface area (TPSA) is 46.3 Å². The Hall–Kier alpha value is -0.280. The lowest BCUT2D eigenvalue weighted by atomic mass is 10.1. The fraction of sp³-hybridized carbons (Fsp3) is 0.929. The Morgan fingerprint density at radius 2 is 1.78 bits per heavy atom. The Labute approximate surface area is 119 Å². The van der Waals surface area contributed by atoms with Crippen LogP contribution in [0.25, 0.3) is 0 Å². The molecule has 0 saturated heterocycles. The van der Waals surface area contributed by atoms with Crippen LogP contribution in [-0.4, -0.2) is 30.4 Å². The molecule has 2 N–H and O–H groups in total. The van der Waals surface area contributed by atoms with Crippen LogP contribution in [0.1, 0.15) is 59.3 Å². The minimum Gasteiger partial charge on any atom is -0.343 e. The van der Waals surface area contributed by atoms with Gasteiger partial charge < -0.3 is 10.6 Å². The van der Waals surface area contributed by atoms with Crippen molar-refractivity contribution in [2.45, 2.75) is 59.3 Å². The zero-order valence-electron chi connectivity index (χ0n) is 12.3. The van der Waals surface area contributed by atoms with E-state index in [2.05, 4.69) is 20.8 Å². The van der Waals surface area contributed by atoms with Gasteiger partial charge in [-0.15, -0.1) is 12.4 Å². The maximum absolute atomic E-state index is 12.0. The average molecular weight is 279 g/mol. The molecule has 4 heteroatoms. The molecule has 0 aliphatic heterocycles. The van der Waals surface area contributed by atoms with Gasteiger partial charge in [-0.3, -0.25) is 4.79 Å². The highest BCUT2D eigenvalue weighted by Gasteiger charge is 2.13. The van der Waals surface area contributed by atoms with Crippen LogP contribution in [0.2, 0.25) is 0 Å². The Bertz CT molecular complexity index is 200. The predicted molar refractivity (Wildman–Crippen MR) is 81.1 cm³/mol. The van der Waals surface area contributed by atoms with Crippen LogP contribution in [0.5, 0.6) is 0 Å². The van der Waals surface area contributed by atoms with Crippen LogP contribution < -0.4 is 5.73 Å². The van der Waals surface area contributed by atoms with Gasteiger partial charge in [0.05, 0.1) is 0 Å². The maximum Gasteiger partial charge on any atom is 0.222 e. The van der Waals surface area contributed by atoms with Crippen molar-refractivity contribution in [2.24, 2.45) is 11.7 Å². The summed E-state index contributed by atoms with van der Waals surface area (Å²) in [5.74, 6) is 0.927. The van der Waals surface area contributed by atoms with Crippen LogP contribution in [0, 0.1) is 5.92 Å². The van der Waals surface area contributed by atoms with E-state index in [1.807, 2.05) is 4.90 Å². The van der Waals surface area contributed by atoms with Gasteiger partial charge in [-0.25, -0.2) is 0 Å². The van der Waals surface area contributed by atoms with E-state index in [1.165, 1.54) is 0 Å². The first kappa shape index (κ1) is 20.0. The molecule has 0 fully saturated rings. The van der Waals surface area contributed by atoms with Gasteiger partial charge in [-0.05, 0) is 32.2 Å². The van der Waals surface area contributed by atoms with Crippen LogP contribution in [0.4, 0.5) is 0 Å². The van der Waals surface area contributed by atoms with E-state index in [0.717, 1.165) is 51.7 Å². The third kappa shape index (κ3) is 9.72. The van der Waals surface area contributed by atoms with Gasteiger partial charge in [0.2, 0.25) is 5.91 Å². The summed E-state index contributed by atoms with van der Waals surface area (Å²) in [5, 5.41) is 0. The summed E-state index contributed by atoms with van der Waals surface area (Å²) >= 11 is 0. The van der Waals surface area contributed by atoms with Gasteiger partial charge in [0.25, 0.3) is 0 Å². The SMILES string of the molecule is CCC(C)CN(CC)C(=O)CCCCCCN.Cl. The zero-order valence-corrected chi connectivity index (χ0v) is 13.1. The van der Waals surface area contributed by atoms with Crippen LogP contribution in [0.3, 0.4) is 0 Å². The number of amides is 1. The first-order chi connectivity index (χ1) is 8.15. The second kappa shape index (κ2) is 13.2. The lowest BCUT2D eigenvalue weighted by Crippen LogP contribution is -2.34. The number of halogens is 1. The summed E-state index contributed by atoms with van der Waals surface area (Å²) in [5.41, 5.74) is 5.44. The highest BCUT2D eigenvalue weighted by atomic mass is 35.5. The number of unbranched alkanes of at least 4 members (excludes halogenated alkanes) is 3. The summed E-state index contributed by atoms with van der Waals surface area (Å²) < 4.78 is 0. The van der Waals surface area contributed by atoms with E-state index >= 15 is 0 Å². The maximum atomic E-state index is 12.0. The second-order valence-corrected chi connectivity index (χ2v) is 4.90. The molecule has 0 rings (SSSR count). The molecule has 0 heterocycles. The smallest absolute Gasteiger partial charge is 0.222 e. The number of rotatable bonds is 10. The molecule has 0 aromatic heterocycles. The fourth-order valence-corrected chi connectivity index (χ4v) is 1.84. The van der Waals surface area contributed by atoms with Gasteiger partial charge in [0.15, 0.2) is 0 Å². The first-order valence-electron chi connectivity index (χ1n) is 7.13. The van der Waals surface area contributed by atoms with E-state index in [-0.39, 0.29) is 12.4 Å². The van der Waals surface area contributed by atoms with E-state index in [1.54, 1.807) is 0 Å². The van der Waals surface area contributed by atoms with Gasteiger partial charge in [0.1, 0.15) is 0 Å². The van der Waals surface area contributed by atoms with Crippen molar-refractivity contribution in [3.63, 3.8) is 0 Å². The minimum atomic E-state index is 0. The van der Waals surface area contributed by atoms with Crippen LogP contribution >= 0.6 is 12.4 Å². The average Bonchev–Trinajstić information content (AvgIpc) is 2.34. The van der Waals surface area contributed by atoms with E-state index in [0.29, 0.717) is 18.2 Å². The molecule has 0 aromatic carbocycles. The van der Waals surface area contributed by atoms with Gasteiger partial charge >= 0.3 is 0 Å². The van der Waals surface area contributed by atoms with Crippen molar-refractivity contribution in [3.8, 4) is 0 Å². The van der Waals surface area contributed by atoms with E-state index in [9.17, 15) is 4.79 Å². The van der Waals surface area contributed by atoms with Crippen LogP contribution in [-0.2, 0) is 4.79 Å². The fourth-order valence-electron chi connectivity index (χ4n) is 1.84. The zero-order chi connectivity index (χ0) is 13.1. The standard InChI is InChI=1S/C14H30N2O.ClH/c1-4-13(3)12-16(5-2)14(17)10-8-6-7-9-11-15;/h13H,4-12,15H2,1-3H3;1H. The van der Waals surface area contributed by atoms with E-state index in [4.69, 9.17) is 5.73 Å². The number of nitrogens with two attached hydrogens (primary N) is 1. The molecular weight excluding hydrogens is 248 g/mol. The molecule has 1 atom stereocenters. The highest BCUT2D eigenvalue weighted by Crippen LogP contribution is 2.09. The lowest BCUT2D eigenvalue weighted by Gasteiger charge is -2.24. The number of hydrogen-bond donors (Lipinski definition) is 1. The molecule has 0 spiro atoms. The summed E-state index contributed by atoms with van der Waals surface area (Å²) in [4.78, 5) is 14.0. The number of nitrogens with zero attached hydrogens (tertiary/aromatic N) is 1. The lowest BCUT2D eigenvalue weighted by molar-refractivity contribution is -0.131. The van der Waals surface area contributed by atoms with Crippen molar-refractivity contribution in [1.29, 1.82) is 0 Å². The molecule has 0 bridgehead atoms. The molecule has 1 unspecified atom stereocenters. The van der Waals surface area contributed by atoms with Crippen molar-refractivity contribution in [1.82, 2.24) is 4.90 Å². The third-order valence-corrected chi connectivity index (χ3v) is 3.31. The third-order valence-electron chi connectivity index (χ3n) is 3.31. The summed E-state index contributed by atoms with van der Waals surface area (Å²) in [6, 6.07) is 0. The Morgan fingerprint density at radius 1 is 1.17 bits per heavy atom. The minimum absolute atomic E-state index is 0. The Morgan fingerprint density at radius 3 is 2.28 bits per heavy atom. The van der Waals surface area contributed by atoms with E-state index < -0.39 is 0 Å². The molecule has 1 amide bonds. The van der Waals surface area contributed by atoms with Gasteiger partial charge in [-0.1, -0.05) is 33.1 Å². The van der Waals surface area contributed by atoms with Crippen LogP contribution in [0.15, 0.2) is 0 Å². The summed E-state index contributed by atoms with van der Waals surface area (Å²) in [7, 11) is 0. The number of hydrogen-bond acceptors (Lipinski definition) is 2. The number of carbonyl (C=O) groups is 1. The van der Waals surface area contributed by atoms with Gasteiger partial charge in [-0.2, -0.15) is 0 Å². The predicted octanol–water partition coefficient (Wildman–Crippen LogP) is 3.21. The van der Waals surface area contributed by atoms with Crippen molar-refractivity contribution < 1.29 is 4.79 Å².